The molecule has 0 aromatic heterocycles. The predicted molar refractivity (Wildman–Crippen MR) is 57.6 cm³/mol. The molecule has 15 heavy (non-hydrogen) atoms. The van der Waals surface area contributed by atoms with E-state index < -0.39 is 0 Å². The maximum atomic E-state index is 9.31. The van der Waals surface area contributed by atoms with E-state index in [1.165, 1.54) is 0 Å². The molecule has 2 N–H and O–H groups in total. The van der Waals surface area contributed by atoms with Crippen LogP contribution in [-0.4, -0.2) is 22.4 Å². The molecule has 2 aliphatic rings. The van der Waals surface area contributed by atoms with Crippen LogP contribution < -0.4 is 0 Å². The van der Waals surface area contributed by atoms with Crippen molar-refractivity contribution in [2.24, 2.45) is 0 Å². The third-order valence-electron chi connectivity index (χ3n) is 2.40. The van der Waals surface area contributed by atoms with Crippen LogP contribution in [0.5, 0.6) is 0 Å². The molecule has 0 saturated carbocycles. The van der Waals surface area contributed by atoms with E-state index in [-0.39, 0.29) is 12.2 Å². The maximum absolute atomic E-state index is 9.31. The smallest absolute Gasteiger partial charge is 0.0951 e. The lowest BCUT2D eigenvalue weighted by Crippen LogP contribution is -2.22. The van der Waals surface area contributed by atoms with Crippen LogP contribution >= 0.6 is 0 Å². The summed E-state index contributed by atoms with van der Waals surface area (Å²) >= 11 is 0. The Labute approximate surface area is 88.7 Å². The molecule has 0 fully saturated rings. The first-order valence-corrected chi connectivity index (χ1v) is 5.02. The van der Waals surface area contributed by atoms with Gasteiger partial charge in [0, 0.05) is 12.8 Å². The number of hydrogen-bond acceptors (Lipinski definition) is 3. The zero-order valence-electron chi connectivity index (χ0n) is 8.34. The molecule has 2 atom stereocenters. The summed E-state index contributed by atoms with van der Waals surface area (Å²) in [4.78, 5) is 0. The lowest BCUT2D eigenvalue weighted by molar-refractivity contribution is 0.0297. The van der Waals surface area contributed by atoms with E-state index >= 15 is 0 Å². The molecule has 80 valence electrons. The van der Waals surface area contributed by atoms with Gasteiger partial charge in [0.25, 0.3) is 0 Å². The van der Waals surface area contributed by atoms with E-state index in [0.717, 1.165) is 0 Å². The van der Waals surface area contributed by atoms with Crippen molar-refractivity contribution >= 4 is 0 Å². The van der Waals surface area contributed by atoms with Crippen molar-refractivity contribution in [1.82, 2.24) is 0 Å². The average Bonchev–Trinajstić information content (AvgIpc) is 2.17. The van der Waals surface area contributed by atoms with E-state index in [1.54, 1.807) is 24.3 Å². The molecule has 2 unspecified atom stereocenters. The molecular formula is C12H14O3. The van der Waals surface area contributed by atoms with Crippen molar-refractivity contribution in [1.29, 1.82) is 0 Å². The molecule has 0 aromatic carbocycles. The molecule has 0 aliphatic heterocycles. The van der Waals surface area contributed by atoms with Gasteiger partial charge >= 0.3 is 0 Å². The molecule has 0 aromatic rings. The molecule has 0 saturated heterocycles. The van der Waals surface area contributed by atoms with Crippen LogP contribution in [0.4, 0.5) is 0 Å². The Morgan fingerprint density at radius 3 is 1.80 bits per heavy atom. The van der Waals surface area contributed by atoms with Crippen LogP contribution in [0.15, 0.2) is 48.0 Å². The van der Waals surface area contributed by atoms with Crippen LogP contribution in [-0.2, 0) is 4.74 Å². The predicted octanol–water partition coefficient (Wildman–Crippen LogP) is 2.54. The van der Waals surface area contributed by atoms with Crippen LogP contribution in [0.1, 0.15) is 12.8 Å². The first kappa shape index (κ1) is 10.1. The van der Waals surface area contributed by atoms with Crippen molar-refractivity contribution in [2.75, 3.05) is 0 Å². The van der Waals surface area contributed by atoms with Gasteiger partial charge < -0.3 is 14.9 Å². The minimum atomic E-state index is -0.101. The fourth-order valence-corrected chi connectivity index (χ4v) is 1.68. The molecule has 2 aliphatic carbocycles. The largest absolute Gasteiger partial charge is 0.512 e. The summed E-state index contributed by atoms with van der Waals surface area (Å²) in [5.74, 6) is 0.670. The van der Waals surface area contributed by atoms with Crippen LogP contribution in [0.2, 0.25) is 0 Å². The quantitative estimate of drug-likeness (QED) is 0.730. The second kappa shape index (κ2) is 4.36. The fraction of sp³-hybridized carbons (Fsp3) is 0.333. The zero-order chi connectivity index (χ0) is 10.7. The van der Waals surface area contributed by atoms with E-state index in [9.17, 15) is 10.2 Å². The Morgan fingerprint density at radius 1 is 0.933 bits per heavy atom. The Kier molecular flexibility index (Phi) is 2.92. The third-order valence-corrected chi connectivity index (χ3v) is 2.40. The molecule has 0 spiro atoms. The highest BCUT2D eigenvalue weighted by Gasteiger charge is 2.18. The van der Waals surface area contributed by atoms with Gasteiger partial charge in [-0.3, -0.25) is 0 Å². The number of allylic oxidation sites excluding steroid dienone is 4. The summed E-state index contributed by atoms with van der Waals surface area (Å²) in [5.41, 5.74) is 0. The third kappa shape index (κ3) is 2.73. The SMILES string of the molecule is OC1=CC=CC(OC2C=CC=C(O)C2)C1. The lowest BCUT2D eigenvalue weighted by atomic mass is 10.1. The highest BCUT2D eigenvalue weighted by Crippen LogP contribution is 2.20. The molecule has 0 radical (unpaired) electrons. The number of ether oxygens (including phenoxy) is 1. The number of aliphatic hydroxyl groups excluding tert-OH is 2. The molecule has 0 bridgehead atoms. The van der Waals surface area contributed by atoms with Crippen LogP contribution in [0, 0.1) is 0 Å². The van der Waals surface area contributed by atoms with Gasteiger partial charge in [-0.2, -0.15) is 0 Å². The molecule has 3 nitrogen and oxygen atoms in total. The number of rotatable bonds is 2. The minimum Gasteiger partial charge on any atom is -0.512 e. The Bertz CT molecular complexity index is 316. The van der Waals surface area contributed by atoms with Gasteiger partial charge in [0.2, 0.25) is 0 Å². The molecule has 0 amide bonds. The standard InChI is InChI=1S/C12H14O3/c13-9-3-1-5-11(7-9)15-12-6-2-4-10(14)8-12/h1-6,11-14H,7-8H2. The summed E-state index contributed by atoms with van der Waals surface area (Å²) in [6.45, 7) is 0. The second-order valence-corrected chi connectivity index (χ2v) is 3.71. The molecular weight excluding hydrogens is 192 g/mol. The van der Waals surface area contributed by atoms with Crippen molar-refractivity contribution in [2.45, 2.75) is 25.0 Å². The lowest BCUT2D eigenvalue weighted by Gasteiger charge is -2.23. The van der Waals surface area contributed by atoms with Gasteiger partial charge in [0.05, 0.1) is 23.7 Å². The summed E-state index contributed by atoms with van der Waals surface area (Å²) in [5, 5.41) is 18.6. The zero-order valence-corrected chi connectivity index (χ0v) is 8.34. The van der Waals surface area contributed by atoms with Gasteiger partial charge in [-0.15, -0.1) is 0 Å². The Balaban J connectivity index is 1.89. The second-order valence-electron chi connectivity index (χ2n) is 3.71. The normalized spacial score (nSPS) is 29.9. The van der Waals surface area contributed by atoms with Gasteiger partial charge in [-0.1, -0.05) is 24.3 Å². The van der Waals surface area contributed by atoms with Crippen LogP contribution in [0.3, 0.4) is 0 Å². The van der Waals surface area contributed by atoms with Crippen molar-refractivity contribution < 1.29 is 14.9 Å². The van der Waals surface area contributed by atoms with Gasteiger partial charge in [-0.05, 0) is 12.2 Å². The van der Waals surface area contributed by atoms with Gasteiger partial charge in [-0.25, -0.2) is 0 Å². The summed E-state index contributed by atoms with van der Waals surface area (Å²) < 4.78 is 5.70. The van der Waals surface area contributed by atoms with Crippen molar-refractivity contribution in [3.8, 4) is 0 Å². The maximum Gasteiger partial charge on any atom is 0.0951 e. The monoisotopic (exact) mass is 206 g/mol. The summed E-state index contributed by atoms with van der Waals surface area (Å²) in [6.07, 6.45) is 11.5. The highest BCUT2D eigenvalue weighted by molar-refractivity contribution is 5.18. The first-order chi connectivity index (χ1) is 7.24. The fourth-order valence-electron chi connectivity index (χ4n) is 1.68. The van der Waals surface area contributed by atoms with Crippen molar-refractivity contribution in [3.05, 3.63) is 48.0 Å². The van der Waals surface area contributed by atoms with Crippen molar-refractivity contribution in [3.63, 3.8) is 0 Å². The highest BCUT2D eigenvalue weighted by atomic mass is 16.5. The van der Waals surface area contributed by atoms with Gasteiger partial charge in [0.15, 0.2) is 0 Å². The topological polar surface area (TPSA) is 49.7 Å². The molecule has 3 heteroatoms. The number of aliphatic hydroxyl groups is 2. The average molecular weight is 206 g/mol. The van der Waals surface area contributed by atoms with E-state index in [2.05, 4.69) is 0 Å². The number of hydrogen-bond donors (Lipinski definition) is 2. The molecule has 2 rings (SSSR count). The van der Waals surface area contributed by atoms with Gasteiger partial charge in [0.1, 0.15) is 0 Å². The minimum absolute atomic E-state index is 0.101. The van der Waals surface area contributed by atoms with E-state index in [1.807, 2.05) is 12.2 Å². The summed E-state index contributed by atoms with van der Waals surface area (Å²) in [7, 11) is 0. The Hall–Kier alpha value is -1.48. The summed E-state index contributed by atoms with van der Waals surface area (Å²) in [6, 6.07) is 0. The first-order valence-electron chi connectivity index (χ1n) is 5.02. The Morgan fingerprint density at radius 2 is 1.40 bits per heavy atom. The van der Waals surface area contributed by atoms with Crippen LogP contribution in [0.25, 0.3) is 0 Å². The van der Waals surface area contributed by atoms with E-state index in [0.29, 0.717) is 24.4 Å². The molecule has 0 heterocycles. The van der Waals surface area contributed by atoms with E-state index in [4.69, 9.17) is 4.74 Å².